The number of aromatic nitrogens is 1. The number of carbonyl (C=O) groups is 1. The van der Waals surface area contributed by atoms with Crippen molar-refractivity contribution in [1.82, 2.24) is 9.88 Å². The number of hydrogen-bond donors (Lipinski definition) is 1. The van der Waals surface area contributed by atoms with Crippen LogP contribution >= 0.6 is 15.9 Å². The fourth-order valence-corrected chi connectivity index (χ4v) is 4.21. The lowest BCUT2D eigenvalue weighted by Crippen LogP contribution is -2.36. The molecule has 1 aromatic heterocycles. The molecule has 0 atom stereocenters. The van der Waals surface area contributed by atoms with Gasteiger partial charge in [0, 0.05) is 21.9 Å². The van der Waals surface area contributed by atoms with Crippen molar-refractivity contribution in [2.24, 2.45) is 0 Å². The molecule has 0 saturated heterocycles. The van der Waals surface area contributed by atoms with E-state index in [9.17, 15) is 10.1 Å². The number of benzene rings is 1. The van der Waals surface area contributed by atoms with E-state index >= 15 is 0 Å². The zero-order valence-electron chi connectivity index (χ0n) is 15.8. The minimum atomic E-state index is -0.268. The Kier molecular flexibility index (Phi) is 6.18. The topological polar surface area (TPSA) is 57.8 Å². The Hall–Kier alpha value is -2.32. The molecule has 3 rings (SSSR count). The van der Waals surface area contributed by atoms with Crippen LogP contribution in [0, 0.1) is 25.2 Å². The maximum atomic E-state index is 12.6. The lowest BCUT2D eigenvalue weighted by atomic mass is 9.95. The van der Waals surface area contributed by atoms with Gasteiger partial charge in [-0.25, -0.2) is 0 Å². The molecule has 4 nitrogen and oxygen atoms in total. The summed E-state index contributed by atoms with van der Waals surface area (Å²) in [5, 5.41) is 12.5. The third kappa shape index (κ3) is 4.33. The number of rotatable bonds is 4. The summed E-state index contributed by atoms with van der Waals surface area (Å²) < 4.78 is 3.13. The molecular formula is C22H24BrN3O. The molecule has 1 aliphatic rings. The molecule has 1 saturated carbocycles. The summed E-state index contributed by atoms with van der Waals surface area (Å²) in [5.74, 6) is -0.268. The standard InChI is InChI=1S/C22H24BrN3O/c1-15-12-17(16(2)26(15)21-11-7-6-10-20(21)23)13-18(14-24)22(27)25-19-8-4-3-5-9-19/h6-7,10-13,19H,3-5,8-9H2,1-2H3,(H,25,27). The molecule has 2 aromatic rings. The van der Waals surface area contributed by atoms with E-state index in [2.05, 4.69) is 31.9 Å². The average Bonchev–Trinajstić information content (AvgIpc) is 2.94. The second-order valence-electron chi connectivity index (χ2n) is 7.09. The monoisotopic (exact) mass is 425 g/mol. The molecule has 0 radical (unpaired) electrons. The Labute approximate surface area is 169 Å². The van der Waals surface area contributed by atoms with E-state index in [4.69, 9.17) is 0 Å². The second kappa shape index (κ2) is 8.58. The van der Waals surface area contributed by atoms with Gasteiger partial charge in [-0.05, 0) is 72.5 Å². The molecule has 140 valence electrons. The smallest absolute Gasteiger partial charge is 0.262 e. The van der Waals surface area contributed by atoms with Gasteiger partial charge in [-0.3, -0.25) is 4.79 Å². The van der Waals surface area contributed by atoms with E-state index in [-0.39, 0.29) is 17.5 Å². The van der Waals surface area contributed by atoms with E-state index in [0.29, 0.717) is 0 Å². The lowest BCUT2D eigenvalue weighted by Gasteiger charge is -2.22. The highest BCUT2D eigenvalue weighted by atomic mass is 79.9. The van der Waals surface area contributed by atoms with Crippen LogP contribution in [0.15, 0.2) is 40.4 Å². The fourth-order valence-electron chi connectivity index (χ4n) is 3.75. The summed E-state index contributed by atoms with van der Waals surface area (Å²) in [6.07, 6.45) is 7.22. The van der Waals surface area contributed by atoms with Gasteiger partial charge in [-0.2, -0.15) is 5.26 Å². The van der Waals surface area contributed by atoms with Gasteiger partial charge in [0.05, 0.1) is 5.69 Å². The lowest BCUT2D eigenvalue weighted by molar-refractivity contribution is -0.117. The Morgan fingerprint density at radius 3 is 2.63 bits per heavy atom. The Morgan fingerprint density at radius 2 is 1.96 bits per heavy atom. The summed E-state index contributed by atoms with van der Waals surface area (Å²) in [6.45, 7) is 4.03. The van der Waals surface area contributed by atoms with Crippen molar-refractivity contribution in [2.45, 2.75) is 52.0 Å². The van der Waals surface area contributed by atoms with Crippen molar-refractivity contribution < 1.29 is 4.79 Å². The minimum absolute atomic E-state index is 0.160. The SMILES string of the molecule is Cc1cc(C=C(C#N)C(=O)NC2CCCCC2)c(C)n1-c1ccccc1Br. The summed E-state index contributed by atoms with van der Waals surface area (Å²) >= 11 is 3.60. The maximum Gasteiger partial charge on any atom is 0.262 e. The highest BCUT2D eigenvalue weighted by Gasteiger charge is 2.19. The summed E-state index contributed by atoms with van der Waals surface area (Å²) in [7, 11) is 0. The number of halogens is 1. The largest absolute Gasteiger partial charge is 0.349 e. The predicted molar refractivity (Wildman–Crippen MR) is 112 cm³/mol. The van der Waals surface area contributed by atoms with E-state index < -0.39 is 0 Å². The molecule has 0 unspecified atom stereocenters. The van der Waals surface area contributed by atoms with Crippen LogP contribution in [0.2, 0.25) is 0 Å². The molecule has 1 heterocycles. The summed E-state index contributed by atoms with van der Waals surface area (Å²) in [4.78, 5) is 12.6. The van der Waals surface area contributed by atoms with Crippen molar-refractivity contribution >= 4 is 27.9 Å². The van der Waals surface area contributed by atoms with Gasteiger partial charge in [0.2, 0.25) is 0 Å². The molecule has 1 aliphatic carbocycles. The van der Waals surface area contributed by atoms with Crippen LogP contribution in [-0.2, 0) is 4.79 Å². The number of nitrogens with zero attached hydrogens (tertiary/aromatic N) is 2. The quantitative estimate of drug-likeness (QED) is 0.539. The first kappa shape index (κ1) is 19.4. The van der Waals surface area contributed by atoms with Gasteiger partial charge in [-0.15, -0.1) is 0 Å². The van der Waals surface area contributed by atoms with Crippen molar-refractivity contribution in [3.63, 3.8) is 0 Å². The molecule has 1 N–H and O–H groups in total. The highest BCUT2D eigenvalue weighted by molar-refractivity contribution is 9.10. The average molecular weight is 426 g/mol. The van der Waals surface area contributed by atoms with Gasteiger partial charge in [0.1, 0.15) is 11.6 Å². The van der Waals surface area contributed by atoms with Crippen LogP contribution in [0.3, 0.4) is 0 Å². The Balaban J connectivity index is 1.89. The van der Waals surface area contributed by atoms with Gasteiger partial charge in [-0.1, -0.05) is 31.4 Å². The Morgan fingerprint density at radius 1 is 1.26 bits per heavy atom. The Bertz CT molecular complexity index is 914. The molecule has 1 aromatic carbocycles. The highest BCUT2D eigenvalue weighted by Crippen LogP contribution is 2.27. The molecule has 0 aliphatic heterocycles. The number of carbonyl (C=O) groups excluding carboxylic acids is 1. The third-order valence-electron chi connectivity index (χ3n) is 5.17. The molecule has 1 amide bonds. The fraction of sp³-hybridized carbons (Fsp3) is 0.364. The number of para-hydroxylation sites is 1. The molecule has 0 spiro atoms. The first-order valence-corrected chi connectivity index (χ1v) is 10.2. The number of hydrogen-bond acceptors (Lipinski definition) is 2. The van der Waals surface area contributed by atoms with Crippen molar-refractivity contribution in [3.05, 3.63) is 57.3 Å². The zero-order valence-corrected chi connectivity index (χ0v) is 17.3. The van der Waals surface area contributed by atoms with Gasteiger partial charge >= 0.3 is 0 Å². The van der Waals surface area contributed by atoms with Crippen molar-refractivity contribution in [3.8, 4) is 11.8 Å². The summed E-state index contributed by atoms with van der Waals surface area (Å²) in [6, 6.07) is 12.3. The van der Waals surface area contributed by atoms with E-state index in [1.54, 1.807) is 6.08 Å². The van der Waals surface area contributed by atoms with E-state index in [1.807, 2.05) is 44.2 Å². The van der Waals surface area contributed by atoms with Crippen molar-refractivity contribution in [1.29, 1.82) is 5.26 Å². The van der Waals surface area contributed by atoms with Gasteiger partial charge in [0.15, 0.2) is 0 Å². The summed E-state index contributed by atoms with van der Waals surface area (Å²) in [5.41, 5.74) is 4.14. The number of nitriles is 1. The van der Waals surface area contributed by atoms with Crippen LogP contribution in [0.4, 0.5) is 0 Å². The third-order valence-corrected chi connectivity index (χ3v) is 5.84. The normalized spacial score (nSPS) is 15.4. The zero-order chi connectivity index (χ0) is 19.4. The minimum Gasteiger partial charge on any atom is -0.349 e. The van der Waals surface area contributed by atoms with Crippen LogP contribution in [0.1, 0.15) is 49.1 Å². The van der Waals surface area contributed by atoms with Gasteiger partial charge < -0.3 is 9.88 Å². The van der Waals surface area contributed by atoms with E-state index in [0.717, 1.165) is 52.8 Å². The van der Waals surface area contributed by atoms with Crippen LogP contribution < -0.4 is 5.32 Å². The van der Waals surface area contributed by atoms with E-state index in [1.165, 1.54) is 6.42 Å². The first-order valence-electron chi connectivity index (χ1n) is 9.37. The van der Waals surface area contributed by atoms with Gasteiger partial charge in [0.25, 0.3) is 5.91 Å². The molecule has 27 heavy (non-hydrogen) atoms. The van der Waals surface area contributed by atoms with Crippen LogP contribution in [-0.4, -0.2) is 16.5 Å². The molecule has 1 fully saturated rings. The number of aryl methyl sites for hydroxylation is 1. The second-order valence-corrected chi connectivity index (χ2v) is 7.95. The number of nitrogens with one attached hydrogen (secondary N) is 1. The van der Waals surface area contributed by atoms with Crippen LogP contribution in [0.25, 0.3) is 11.8 Å². The van der Waals surface area contributed by atoms with Crippen molar-refractivity contribution in [2.75, 3.05) is 0 Å². The first-order chi connectivity index (χ1) is 13.0. The predicted octanol–water partition coefficient (Wildman–Crippen LogP) is 5.21. The molecule has 5 heteroatoms. The molecular weight excluding hydrogens is 402 g/mol. The maximum absolute atomic E-state index is 12.6. The number of amides is 1. The molecule has 0 bridgehead atoms. The van der Waals surface area contributed by atoms with Crippen LogP contribution in [0.5, 0.6) is 0 Å².